The van der Waals surface area contributed by atoms with E-state index >= 15 is 0 Å². The fourth-order valence-corrected chi connectivity index (χ4v) is 3.74. The van der Waals surface area contributed by atoms with Gasteiger partial charge in [0.2, 0.25) is 0 Å². The van der Waals surface area contributed by atoms with Crippen LogP contribution in [-0.4, -0.2) is 43.8 Å². The second-order valence-corrected chi connectivity index (χ2v) is 7.20. The van der Waals surface area contributed by atoms with Crippen LogP contribution in [0, 0.1) is 0 Å². The molecule has 0 atom stereocenters. The molecular formula is C19H24N4O2. The van der Waals surface area contributed by atoms with Crippen LogP contribution in [0.3, 0.4) is 0 Å². The van der Waals surface area contributed by atoms with Gasteiger partial charge in [0.25, 0.3) is 0 Å². The van der Waals surface area contributed by atoms with Gasteiger partial charge < -0.3 is 5.11 Å². The van der Waals surface area contributed by atoms with E-state index in [9.17, 15) is 4.79 Å². The molecule has 0 radical (unpaired) electrons. The van der Waals surface area contributed by atoms with Gasteiger partial charge >= 0.3 is 5.97 Å². The standard InChI is InChI=1S/C19H24N4O2/c24-19(25)18-8-11-23(21-18)17-6-9-22(10-7-17)13-16-5-4-15(12-20-16)14-2-1-3-14/h4-5,8,11-12,14,17H,1-3,6-7,9-10,13H2,(H,24,25). The number of carboxylic acid groups (broad SMARTS) is 1. The molecule has 0 bridgehead atoms. The number of carbonyl (C=O) groups is 1. The van der Waals surface area contributed by atoms with Crippen molar-refractivity contribution in [2.75, 3.05) is 13.1 Å². The molecule has 1 aliphatic heterocycles. The van der Waals surface area contributed by atoms with Crippen LogP contribution in [0.4, 0.5) is 0 Å². The van der Waals surface area contributed by atoms with E-state index in [1.807, 2.05) is 4.68 Å². The zero-order chi connectivity index (χ0) is 17.2. The molecule has 25 heavy (non-hydrogen) atoms. The fraction of sp³-hybridized carbons (Fsp3) is 0.526. The number of likely N-dealkylation sites (tertiary alicyclic amines) is 1. The van der Waals surface area contributed by atoms with Crippen molar-refractivity contribution in [3.63, 3.8) is 0 Å². The molecule has 2 fully saturated rings. The summed E-state index contributed by atoms with van der Waals surface area (Å²) < 4.78 is 1.81. The van der Waals surface area contributed by atoms with Crippen molar-refractivity contribution in [3.05, 3.63) is 47.5 Å². The summed E-state index contributed by atoms with van der Waals surface area (Å²) in [6.07, 6.45) is 9.79. The van der Waals surface area contributed by atoms with Crippen LogP contribution < -0.4 is 0 Å². The first-order valence-electron chi connectivity index (χ1n) is 9.14. The van der Waals surface area contributed by atoms with E-state index < -0.39 is 5.97 Å². The number of piperidine rings is 1. The normalized spacial score (nSPS) is 19.7. The van der Waals surface area contributed by atoms with Crippen LogP contribution in [-0.2, 0) is 6.54 Å². The van der Waals surface area contributed by atoms with Crippen LogP contribution in [0.2, 0.25) is 0 Å². The molecular weight excluding hydrogens is 316 g/mol. The number of aromatic carboxylic acids is 1. The van der Waals surface area contributed by atoms with Crippen LogP contribution in [0.15, 0.2) is 30.6 Å². The number of hydrogen-bond acceptors (Lipinski definition) is 4. The van der Waals surface area contributed by atoms with Crippen molar-refractivity contribution in [3.8, 4) is 0 Å². The van der Waals surface area contributed by atoms with E-state index in [1.165, 1.54) is 24.8 Å². The number of hydrogen-bond donors (Lipinski definition) is 1. The molecule has 2 aliphatic rings. The summed E-state index contributed by atoms with van der Waals surface area (Å²) in [7, 11) is 0. The second-order valence-electron chi connectivity index (χ2n) is 7.20. The molecule has 1 N–H and O–H groups in total. The van der Waals surface area contributed by atoms with E-state index in [4.69, 9.17) is 5.11 Å². The van der Waals surface area contributed by atoms with Gasteiger partial charge in [-0.3, -0.25) is 14.6 Å². The summed E-state index contributed by atoms with van der Waals surface area (Å²) in [4.78, 5) is 18.0. The van der Waals surface area contributed by atoms with Crippen LogP contribution in [0.5, 0.6) is 0 Å². The predicted octanol–water partition coefficient (Wildman–Crippen LogP) is 3.08. The maximum atomic E-state index is 11.0. The van der Waals surface area contributed by atoms with Crippen molar-refractivity contribution in [1.29, 1.82) is 0 Å². The highest BCUT2D eigenvalue weighted by molar-refractivity contribution is 5.85. The molecule has 1 saturated carbocycles. The van der Waals surface area contributed by atoms with Gasteiger partial charge in [-0.25, -0.2) is 4.79 Å². The molecule has 132 valence electrons. The lowest BCUT2D eigenvalue weighted by atomic mass is 9.81. The Labute approximate surface area is 147 Å². The number of carboxylic acids is 1. The maximum Gasteiger partial charge on any atom is 0.356 e. The molecule has 0 unspecified atom stereocenters. The molecule has 0 amide bonds. The monoisotopic (exact) mass is 340 g/mol. The van der Waals surface area contributed by atoms with Crippen molar-refractivity contribution in [2.24, 2.45) is 0 Å². The van der Waals surface area contributed by atoms with Gasteiger partial charge in [-0.15, -0.1) is 0 Å². The van der Waals surface area contributed by atoms with Gasteiger partial charge in [0.15, 0.2) is 5.69 Å². The van der Waals surface area contributed by atoms with Gasteiger partial charge in [-0.1, -0.05) is 12.5 Å². The third-order valence-electron chi connectivity index (χ3n) is 5.57. The second kappa shape index (κ2) is 6.96. The Bertz CT molecular complexity index is 728. The summed E-state index contributed by atoms with van der Waals surface area (Å²) >= 11 is 0. The number of aromatic nitrogens is 3. The Hall–Kier alpha value is -2.21. The van der Waals surface area contributed by atoms with Crippen molar-refractivity contribution in [2.45, 2.75) is 50.6 Å². The van der Waals surface area contributed by atoms with Crippen molar-refractivity contribution < 1.29 is 9.90 Å². The Morgan fingerprint density at radius 2 is 1.96 bits per heavy atom. The predicted molar refractivity (Wildman–Crippen MR) is 93.6 cm³/mol. The van der Waals surface area contributed by atoms with Crippen LogP contribution in [0.25, 0.3) is 0 Å². The highest BCUT2D eigenvalue weighted by Crippen LogP contribution is 2.35. The Balaban J connectivity index is 1.30. The number of nitrogens with zero attached hydrogens (tertiary/aromatic N) is 4. The van der Waals surface area contributed by atoms with Crippen molar-refractivity contribution >= 4 is 5.97 Å². The lowest BCUT2D eigenvalue weighted by molar-refractivity contribution is 0.0688. The summed E-state index contributed by atoms with van der Waals surface area (Å²) in [5.74, 6) is -0.227. The zero-order valence-corrected chi connectivity index (χ0v) is 14.3. The molecule has 2 aromatic heterocycles. The SMILES string of the molecule is O=C(O)c1ccn(C2CCN(Cc3ccc(C4CCC4)cn3)CC2)n1. The first-order chi connectivity index (χ1) is 12.2. The molecule has 3 heterocycles. The third-order valence-corrected chi connectivity index (χ3v) is 5.57. The van der Waals surface area contributed by atoms with Gasteiger partial charge in [0.1, 0.15) is 0 Å². The molecule has 1 aliphatic carbocycles. The zero-order valence-electron chi connectivity index (χ0n) is 14.3. The van der Waals surface area contributed by atoms with Crippen LogP contribution in [0.1, 0.15) is 65.8 Å². The molecule has 2 aromatic rings. The fourth-order valence-electron chi connectivity index (χ4n) is 3.74. The third kappa shape index (κ3) is 3.58. The van der Waals surface area contributed by atoms with E-state index in [1.54, 1.807) is 12.3 Å². The molecule has 4 rings (SSSR count). The minimum absolute atomic E-state index is 0.123. The molecule has 0 spiro atoms. The quantitative estimate of drug-likeness (QED) is 0.906. The van der Waals surface area contributed by atoms with E-state index in [0.717, 1.165) is 44.1 Å². The first kappa shape index (κ1) is 16.3. The largest absolute Gasteiger partial charge is 0.476 e. The van der Waals surface area contributed by atoms with E-state index in [0.29, 0.717) is 6.04 Å². The topological polar surface area (TPSA) is 71.2 Å². The Morgan fingerprint density at radius 1 is 1.16 bits per heavy atom. The van der Waals surface area contributed by atoms with E-state index in [-0.39, 0.29) is 5.69 Å². The minimum Gasteiger partial charge on any atom is -0.476 e. The minimum atomic E-state index is -0.965. The number of rotatable bonds is 5. The first-order valence-corrected chi connectivity index (χ1v) is 9.14. The average Bonchev–Trinajstić information content (AvgIpc) is 3.06. The summed E-state index contributed by atoms with van der Waals surface area (Å²) in [5.41, 5.74) is 2.65. The van der Waals surface area contributed by atoms with Crippen molar-refractivity contribution in [1.82, 2.24) is 19.7 Å². The summed E-state index contributed by atoms with van der Waals surface area (Å²) in [6, 6.07) is 6.28. The van der Waals surface area contributed by atoms with Gasteiger partial charge in [0.05, 0.1) is 11.7 Å². The molecule has 1 saturated heterocycles. The highest BCUT2D eigenvalue weighted by atomic mass is 16.4. The van der Waals surface area contributed by atoms with Gasteiger partial charge in [-0.2, -0.15) is 5.10 Å². The lowest BCUT2D eigenvalue weighted by Gasteiger charge is -2.32. The maximum absolute atomic E-state index is 11.0. The Kier molecular flexibility index (Phi) is 4.53. The summed E-state index contributed by atoms with van der Waals surface area (Å²) in [5, 5.41) is 13.2. The molecule has 6 nitrogen and oxygen atoms in total. The Morgan fingerprint density at radius 3 is 2.52 bits per heavy atom. The smallest absolute Gasteiger partial charge is 0.356 e. The molecule has 6 heteroatoms. The number of pyridine rings is 1. The summed E-state index contributed by atoms with van der Waals surface area (Å²) in [6.45, 7) is 2.86. The molecule has 0 aromatic carbocycles. The van der Waals surface area contributed by atoms with Crippen LogP contribution >= 0.6 is 0 Å². The van der Waals surface area contributed by atoms with Gasteiger partial charge in [-0.05, 0) is 49.3 Å². The van der Waals surface area contributed by atoms with Gasteiger partial charge in [0, 0.05) is 32.0 Å². The lowest BCUT2D eigenvalue weighted by Crippen LogP contribution is -2.34. The van der Waals surface area contributed by atoms with E-state index in [2.05, 4.69) is 33.3 Å². The average molecular weight is 340 g/mol. The highest BCUT2D eigenvalue weighted by Gasteiger charge is 2.23.